The van der Waals surface area contributed by atoms with Gasteiger partial charge in [0.25, 0.3) is 0 Å². The lowest BCUT2D eigenvalue weighted by Crippen LogP contribution is -2.46. The number of hydrogen-bond acceptors (Lipinski definition) is 4. The number of nitrogens with zero attached hydrogens (tertiary/aromatic N) is 4. The van der Waals surface area contributed by atoms with Crippen LogP contribution in [0.1, 0.15) is 11.1 Å². The first-order valence-electron chi connectivity index (χ1n) is 8.61. The van der Waals surface area contributed by atoms with Crippen LogP contribution in [0.4, 0.5) is 11.4 Å². The Bertz CT molecular complexity index is 1060. The van der Waals surface area contributed by atoms with Gasteiger partial charge < -0.3 is 9.80 Å². The molecule has 0 aliphatic carbocycles. The summed E-state index contributed by atoms with van der Waals surface area (Å²) < 4.78 is 0. The summed E-state index contributed by atoms with van der Waals surface area (Å²) in [5.74, 6) is 0. The molecule has 4 heteroatoms. The summed E-state index contributed by atoms with van der Waals surface area (Å²) >= 11 is 0. The minimum atomic E-state index is 0.894. The lowest BCUT2D eigenvalue weighted by atomic mass is 9.97. The molecule has 0 N–H and O–H groups in total. The highest BCUT2D eigenvalue weighted by Gasteiger charge is 2.31. The van der Waals surface area contributed by atoms with E-state index in [-0.39, 0.29) is 0 Å². The molecular formula is C21H16N4. The lowest BCUT2D eigenvalue weighted by Gasteiger charge is -2.45. The van der Waals surface area contributed by atoms with Crippen molar-refractivity contribution in [2.24, 2.45) is 0 Å². The summed E-state index contributed by atoms with van der Waals surface area (Å²) in [6.45, 7) is 2.72. The molecular weight excluding hydrogens is 308 g/mol. The minimum Gasteiger partial charge on any atom is -0.349 e. The van der Waals surface area contributed by atoms with Gasteiger partial charge in [-0.15, -0.1) is 0 Å². The second-order valence-corrected chi connectivity index (χ2v) is 6.81. The molecule has 0 spiro atoms. The lowest BCUT2D eigenvalue weighted by molar-refractivity contribution is 0.655. The molecule has 2 aliphatic rings. The molecule has 0 atom stereocenters. The van der Waals surface area contributed by atoms with Crippen molar-refractivity contribution in [2.75, 3.05) is 16.5 Å². The van der Waals surface area contributed by atoms with E-state index >= 15 is 0 Å². The Hall–Kier alpha value is -3.14. The summed E-state index contributed by atoms with van der Waals surface area (Å²) in [6.07, 6.45) is 3.78. The van der Waals surface area contributed by atoms with Gasteiger partial charge in [0.05, 0.1) is 17.7 Å². The third-order valence-corrected chi connectivity index (χ3v) is 5.43. The maximum absolute atomic E-state index is 4.66. The zero-order valence-corrected chi connectivity index (χ0v) is 13.7. The highest BCUT2D eigenvalue weighted by atomic mass is 15.4. The number of pyridine rings is 2. The van der Waals surface area contributed by atoms with Crippen molar-refractivity contribution in [2.45, 2.75) is 13.1 Å². The molecule has 2 aliphatic heterocycles. The molecule has 0 amide bonds. The monoisotopic (exact) mass is 324 g/mol. The van der Waals surface area contributed by atoms with E-state index in [9.17, 15) is 0 Å². The molecule has 6 rings (SSSR count). The van der Waals surface area contributed by atoms with Crippen LogP contribution in [-0.4, -0.2) is 16.6 Å². The Morgan fingerprint density at radius 3 is 1.68 bits per heavy atom. The fraction of sp³-hybridized carbons (Fsp3) is 0.143. The van der Waals surface area contributed by atoms with Crippen LogP contribution < -0.4 is 9.80 Å². The highest BCUT2D eigenvalue weighted by Crippen LogP contribution is 2.41. The van der Waals surface area contributed by atoms with E-state index in [2.05, 4.69) is 56.2 Å². The molecule has 25 heavy (non-hydrogen) atoms. The van der Waals surface area contributed by atoms with Crippen LogP contribution in [0, 0.1) is 0 Å². The molecule has 0 saturated heterocycles. The van der Waals surface area contributed by atoms with E-state index in [0.717, 1.165) is 30.8 Å². The maximum atomic E-state index is 4.66. The molecule has 0 fully saturated rings. The van der Waals surface area contributed by atoms with Crippen LogP contribution in [0.5, 0.6) is 0 Å². The van der Waals surface area contributed by atoms with Gasteiger partial charge in [0.2, 0.25) is 0 Å². The first kappa shape index (κ1) is 13.2. The summed E-state index contributed by atoms with van der Waals surface area (Å²) in [5, 5.41) is 2.42. The quantitative estimate of drug-likeness (QED) is 0.488. The van der Waals surface area contributed by atoms with E-state index in [1.54, 1.807) is 0 Å². The molecule has 120 valence electrons. The second-order valence-electron chi connectivity index (χ2n) is 6.81. The van der Waals surface area contributed by atoms with Gasteiger partial charge in [0.1, 0.15) is 0 Å². The average molecular weight is 324 g/mol. The first-order chi connectivity index (χ1) is 12.4. The maximum Gasteiger partial charge on any atom is 0.0910 e. The molecule has 2 bridgehead atoms. The zero-order valence-electron chi connectivity index (χ0n) is 13.7. The standard InChI is InChI=1S/C21H16N4/c1-3-14-5-7-18-16(20(14)22-9-1)11-24-13-25(18)12-17-19(24)8-6-15-4-2-10-23-21(15)17/h1-10H,11-13H2. The van der Waals surface area contributed by atoms with Gasteiger partial charge in [-0.1, -0.05) is 24.3 Å². The molecule has 0 saturated carbocycles. The van der Waals surface area contributed by atoms with Gasteiger partial charge in [0, 0.05) is 58.8 Å². The minimum absolute atomic E-state index is 0.894. The molecule has 2 aromatic heterocycles. The molecule has 4 aromatic rings. The van der Waals surface area contributed by atoms with Crippen molar-refractivity contribution in [1.82, 2.24) is 9.97 Å². The van der Waals surface area contributed by atoms with E-state index in [0.29, 0.717) is 0 Å². The molecule has 2 aromatic carbocycles. The Morgan fingerprint density at radius 1 is 0.640 bits per heavy atom. The number of anilines is 2. The zero-order chi connectivity index (χ0) is 16.4. The third kappa shape index (κ3) is 1.76. The number of fused-ring (bicyclic) bond motifs is 10. The summed E-state index contributed by atoms with van der Waals surface area (Å²) in [5.41, 5.74) is 7.52. The van der Waals surface area contributed by atoms with Gasteiger partial charge in [-0.05, 0) is 24.3 Å². The Balaban J connectivity index is 1.59. The molecule has 4 nitrogen and oxygen atoms in total. The Morgan fingerprint density at radius 2 is 1.16 bits per heavy atom. The van der Waals surface area contributed by atoms with Gasteiger partial charge in [-0.25, -0.2) is 0 Å². The van der Waals surface area contributed by atoms with E-state index in [1.807, 2.05) is 24.5 Å². The number of aromatic nitrogens is 2. The Kier molecular flexibility index (Phi) is 2.48. The SMILES string of the molecule is c1cnc2c3c(ccc2c1)N1Cc2c(ccc4cccnc24)N(C3)C1. The predicted molar refractivity (Wildman–Crippen MR) is 101 cm³/mol. The van der Waals surface area contributed by atoms with Crippen molar-refractivity contribution in [1.29, 1.82) is 0 Å². The fourth-order valence-corrected chi connectivity index (χ4v) is 4.30. The van der Waals surface area contributed by atoms with Crippen molar-refractivity contribution in [3.63, 3.8) is 0 Å². The second kappa shape index (κ2) is 4.70. The van der Waals surface area contributed by atoms with Crippen LogP contribution in [0.15, 0.2) is 60.9 Å². The van der Waals surface area contributed by atoms with Gasteiger partial charge >= 0.3 is 0 Å². The summed E-state index contributed by atoms with van der Waals surface area (Å²) in [7, 11) is 0. The third-order valence-electron chi connectivity index (χ3n) is 5.43. The smallest absolute Gasteiger partial charge is 0.0910 e. The van der Waals surface area contributed by atoms with Crippen molar-refractivity contribution < 1.29 is 0 Å². The van der Waals surface area contributed by atoms with Crippen molar-refractivity contribution in [3.05, 3.63) is 72.1 Å². The Labute approximate surface area is 145 Å². The number of hydrogen-bond donors (Lipinski definition) is 0. The summed E-state index contributed by atoms with van der Waals surface area (Å²) in [6, 6.07) is 17.2. The summed E-state index contributed by atoms with van der Waals surface area (Å²) in [4.78, 5) is 14.2. The molecule has 0 radical (unpaired) electrons. The van der Waals surface area contributed by atoms with Crippen molar-refractivity contribution in [3.8, 4) is 0 Å². The largest absolute Gasteiger partial charge is 0.349 e. The normalized spacial score (nSPS) is 15.4. The van der Waals surface area contributed by atoms with E-state index in [1.165, 1.54) is 33.3 Å². The number of rotatable bonds is 0. The van der Waals surface area contributed by atoms with Gasteiger partial charge in [-0.2, -0.15) is 0 Å². The number of benzene rings is 2. The predicted octanol–water partition coefficient (Wildman–Crippen LogP) is 4.08. The van der Waals surface area contributed by atoms with Crippen LogP contribution in [-0.2, 0) is 13.1 Å². The van der Waals surface area contributed by atoms with Crippen LogP contribution in [0.3, 0.4) is 0 Å². The van der Waals surface area contributed by atoms with Crippen LogP contribution >= 0.6 is 0 Å². The fourth-order valence-electron chi connectivity index (χ4n) is 4.30. The molecule has 4 heterocycles. The van der Waals surface area contributed by atoms with E-state index < -0.39 is 0 Å². The first-order valence-corrected chi connectivity index (χ1v) is 8.61. The van der Waals surface area contributed by atoms with Gasteiger partial charge in [0.15, 0.2) is 0 Å². The topological polar surface area (TPSA) is 32.3 Å². The van der Waals surface area contributed by atoms with Crippen molar-refractivity contribution >= 4 is 33.2 Å². The average Bonchev–Trinajstić information content (AvgIpc) is 2.68. The van der Waals surface area contributed by atoms with Gasteiger partial charge in [-0.3, -0.25) is 9.97 Å². The van der Waals surface area contributed by atoms with Crippen LogP contribution in [0.2, 0.25) is 0 Å². The molecule has 0 unspecified atom stereocenters. The highest BCUT2D eigenvalue weighted by molar-refractivity contribution is 5.92. The van der Waals surface area contributed by atoms with E-state index in [4.69, 9.17) is 0 Å². The van der Waals surface area contributed by atoms with Crippen LogP contribution in [0.25, 0.3) is 21.8 Å².